The van der Waals surface area contributed by atoms with Gasteiger partial charge < -0.3 is 10.1 Å². The SMILES string of the molecule is Cc1ccc(NC(=O)COc2ccc(C=NNc3ccc([N+](=O)[O-])cc3[N+](=O)[O-])cc2)cc1C. The molecule has 2 N–H and O–H groups in total. The molecule has 11 nitrogen and oxygen atoms in total. The molecule has 174 valence electrons. The van der Waals surface area contributed by atoms with Gasteiger partial charge in [0.2, 0.25) is 0 Å². The standard InChI is InChI=1S/C23H21N5O6/c1-15-3-6-18(11-16(15)2)25-23(29)14-34-20-8-4-17(5-9-20)13-24-26-21-10-7-19(27(30)31)12-22(21)28(32)33/h3-13,26H,14H2,1-2H3,(H,25,29). The molecular formula is C23H21N5O6. The number of hydrogen-bond acceptors (Lipinski definition) is 8. The summed E-state index contributed by atoms with van der Waals surface area (Å²) in [5.74, 6) is 0.189. The van der Waals surface area contributed by atoms with Gasteiger partial charge in [0.25, 0.3) is 11.6 Å². The van der Waals surface area contributed by atoms with E-state index in [4.69, 9.17) is 4.74 Å². The van der Waals surface area contributed by atoms with Gasteiger partial charge in [0.1, 0.15) is 11.4 Å². The molecule has 0 radical (unpaired) electrons. The predicted molar refractivity (Wildman–Crippen MR) is 127 cm³/mol. The molecule has 0 aliphatic carbocycles. The Morgan fingerprint density at radius 2 is 1.71 bits per heavy atom. The summed E-state index contributed by atoms with van der Waals surface area (Å²) < 4.78 is 5.49. The zero-order valence-corrected chi connectivity index (χ0v) is 18.3. The van der Waals surface area contributed by atoms with Crippen molar-refractivity contribution in [2.75, 3.05) is 17.3 Å². The molecule has 0 spiro atoms. The number of benzene rings is 3. The summed E-state index contributed by atoms with van der Waals surface area (Å²) in [6, 6.07) is 15.5. The lowest BCUT2D eigenvalue weighted by atomic mass is 10.1. The van der Waals surface area contributed by atoms with Gasteiger partial charge in [-0.15, -0.1) is 0 Å². The predicted octanol–water partition coefficient (Wildman–Crippen LogP) is 4.58. The van der Waals surface area contributed by atoms with E-state index in [0.29, 0.717) is 17.0 Å². The van der Waals surface area contributed by atoms with Crippen molar-refractivity contribution in [1.82, 2.24) is 0 Å². The largest absolute Gasteiger partial charge is 0.484 e. The Hall–Kier alpha value is -4.80. The highest BCUT2D eigenvalue weighted by Gasteiger charge is 2.19. The van der Waals surface area contributed by atoms with Crippen molar-refractivity contribution in [3.8, 4) is 5.75 Å². The Kier molecular flexibility index (Phi) is 7.49. The quantitative estimate of drug-likeness (QED) is 0.268. The van der Waals surface area contributed by atoms with Gasteiger partial charge in [0, 0.05) is 11.8 Å². The van der Waals surface area contributed by atoms with Crippen LogP contribution in [0.25, 0.3) is 0 Å². The van der Waals surface area contributed by atoms with Crippen LogP contribution in [0.3, 0.4) is 0 Å². The molecule has 0 fully saturated rings. The van der Waals surface area contributed by atoms with Crippen LogP contribution >= 0.6 is 0 Å². The Morgan fingerprint density at radius 1 is 0.971 bits per heavy atom. The number of non-ortho nitro benzene ring substituents is 1. The number of ether oxygens (including phenoxy) is 1. The van der Waals surface area contributed by atoms with Gasteiger partial charge in [0.05, 0.1) is 22.1 Å². The number of nitro benzene ring substituents is 2. The first-order valence-electron chi connectivity index (χ1n) is 10.0. The molecule has 0 bridgehead atoms. The third-order valence-electron chi connectivity index (χ3n) is 4.83. The summed E-state index contributed by atoms with van der Waals surface area (Å²) in [6.45, 7) is 3.80. The number of amides is 1. The fourth-order valence-corrected chi connectivity index (χ4v) is 2.87. The number of rotatable bonds is 9. The van der Waals surface area contributed by atoms with E-state index in [1.54, 1.807) is 24.3 Å². The van der Waals surface area contributed by atoms with Crippen LogP contribution in [0.1, 0.15) is 16.7 Å². The Labute approximate surface area is 194 Å². The zero-order valence-electron chi connectivity index (χ0n) is 18.3. The highest BCUT2D eigenvalue weighted by molar-refractivity contribution is 5.92. The second-order valence-electron chi connectivity index (χ2n) is 7.29. The summed E-state index contributed by atoms with van der Waals surface area (Å²) in [4.78, 5) is 32.6. The zero-order chi connectivity index (χ0) is 24.7. The summed E-state index contributed by atoms with van der Waals surface area (Å²) >= 11 is 0. The number of anilines is 2. The van der Waals surface area contributed by atoms with Gasteiger partial charge in [-0.1, -0.05) is 6.07 Å². The van der Waals surface area contributed by atoms with E-state index in [0.717, 1.165) is 23.3 Å². The van der Waals surface area contributed by atoms with Crippen LogP contribution in [-0.4, -0.2) is 28.6 Å². The number of hydrazone groups is 1. The Bertz CT molecular complexity index is 1260. The van der Waals surface area contributed by atoms with Gasteiger partial charge >= 0.3 is 5.69 Å². The van der Waals surface area contributed by atoms with Crippen molar-refractivity contribution in [2.45, 2.75) is 13.8 Å². The summed E-state index contributed by atoms with van der Waals surface area (Å²) in [5.41, 5.74) is 5.25. The number of carbonyl (C=O) groups is 1. The third-order valence-corrected chi connectivity index (χ3v) is 4.83. The molecule has 3 rings (SSSR count). The van der Waals surface area contributed by atoms with Gasteiger partial charge in [-0.05, 0) is 73.0 Å². The van der Waals surface area contributed by atoms with E-state index in [9.17, 15) is 25.0 Å². The number of nitrogens with zero attached hydrogens (tertiary/aromatic N) is 3. The van der Waals surface area contributed by atoms with Gasteiger partial charge in [-0.2, -0.15) is 5.10 Å². The molecular weight excluding hydrogens is 442 g/mol. The van der Waals surface area contributed by atoms with Gasteiger partial charge in [-0.3, -0.25) is 30.4 Å². The minimum atomic E-state index is -0.729. The molecule has 0 atom stereocenters. The van der Waals surface area contributed by atoms with Gasteiger partial charge in [0.15, 0.2) is 6.61 Å². The molecule has 1 amide bonds. The lowest BCUT2D eigenvalue weighted by Crippen LogP contribution is -2.20. The number of aryl methyl sites for hydroxylation is 2. The highest BCUT2D eigenvalue weighted by atomic mass is 16.6. The van der Waals surface area contributed by atoms with Gasteiger partial charge in [-0.25, -0.2) is 0 Å². The fourth-order valence-electron chi connectivity index (χ4n) is 2.87. The van der Waals surface area contributed by atoms with Crippen molar-refractivity contribution < 1.29 is 19.4 Å². The third kappa shape index (κ3) is 6.36. The molecule has 3 aromatic carbocycles. The molecule has 0 unspecified atom stereocenters. The molecule has 34 heavy (non-hydrogen) atoms. The van der Waals surface area contributed by atoms with Crippen molar-refractivity contribution in [3.05, 3.63) is 97.6 Å². The van der Waals surface area contributed by atoms with Crippen LogP contribution in [-0.2, 0) is 4.79 Å². The molecule has 11 heteroatoms. The second kappa shape index (κ2) is 10.7. The summed E-state index contributed by atoms with van der Waals surface area (Å²) in [7, 11) is 0. The number of carbonyl (C=O) groups excluding carboxylic acids is 1. The van der Waals surface area contributed by atoms with Crippen LogP contribution in [0.2, 0.25) is 0 Å². The topological polar surface area (TPSA) is 149 Å². The second-order valence-corrected chi connectivity index (χ2v) is 7.29. The van der Waals surface area contributed by atoms with Crippen LogP contribution < -0.4 is 15.5 Å². The van der Waals surface area contributed by atoms with E-state index in [2.05, 4.69) is 15.8 Å². The van der Waals surface area contributed by atoms with E-state index in [1.165, 1.54) is 12.3 Å². The van der Waals surface area contributed by atoms with Crippen molar-refractivity contribution in [1.29, 1.82) is 0 Å². The average molecular weight is 463 g/mol. The fraction of sp³-hybridized carbons (Fsp3) is 0.130. The molecule has 0 heterocycles. The maximum atomic E-state index is 12.1. The summed E-state index contributed by atoms with van der Waals surface area (Å²) in [5, 5.41) is 28.7. The van der Waals surface area contributed by atoms with E-state index in [-0.39, 0.29) is 23.9 Å². The molecule has 0 aromatic heterocycles. The van der Waals surface area contributed by atoms with Crippen molar-refractivity contribution in [2.24, 2.45) is 5.10 Å². The molecule has 0 saturated carbocycles. The summed E-state index contributed by atoms with van der Waals surface area (Å²) in [6.07, 6.45) is 1.42. The minimum Gasteiger partial charge on any atom is -0.484 e. The lowest BCUT2D eigenvalue weighted by Gasteiger charge is -2.09. The monoisotopic (exact) mass is 463 g/mol. The Balaban J connectivity index is 1.54. The number of nitro groups is 2. The average Bonchev–Trinajstić information content (AvgIpc) is 2.81. The normalized spacial score (nSPS) is 10.6. The minimum absolute atomic E-state index is 0.0154. The van der Waals surface area contributed by atoms with E-state index >= 15 is 0 Å². The first kappa shape index (κ1) is 23.9. The van der Waals surface area contributed by atoms with Crippen LogP contribution in [0.4, 0.5) is 22.7 Å². The Morgan fingerprint density at radius 3 is 2.35 bits per heavy atom. The maximum Gasteiger partial charge on any atom is 0.301 e. The number of nitrogens with one attached hydrogen (secondary N) is 2. The number of hydrogen-bond donors (Lipinski definition) is 2. The molecule has 0 saturated heterocycles. The smallest absolute Gasteiger partial charge is 0.301 e. The van der Waals surface area contributed by atoms with Crippen molar-refractivity contribution in [3.63, 3.8) is 0 Å². The molecule has 3 aromatic rings. The maximum absolute atomic E-state index is 12.1. The van der Waals surface area contributed by atoms with E-state index < -0.39 is 15.5 Å². The lowest BCUT2D eigenvalue weighted by molar-refractivity contribution is -0.393. The first-order valence-corrected chi connectivity index (χ1v) is 10.0. The van der Waals surface area contributed by atoms with Crippen molar-refractivity contribution >= 4 is 34.9 Å². The van der Waals surface area contributed by atoms with Crippen LogP contribution in [0.15, 0.2) is 65.8 Å². The van der Waals surface area contributed by atoms with E-state index in [1.807, 2.05) is 32.0 Å². The molecule has 0 aliphatic heterocycles. The van der Waals surface area contributed by atoms with Crippen LogP contribution in [0, 0.1) is 34.1 Å². The van der Waals surface area contributed by atoms with Crippen LogP contribution in [0.5, 0.6) is 5.75 Å². The first-order chi connectivity index (χ1) is 16.2. The molecule has 0 aliphatic rings. The highest BCUT2D eigenvalue weighted by Crippen LogP contribution is 2.28.